The molecule has 1 aliphatic heterocycles. The Kier molecular flexibility index (Phi) is 10.1. The highest BCUT2D eigenvalue weighted by molar-refractivity contribution is 6.04. The number of rotatable bonds is 10. The lowest BCUT2D eigenvalue weighted by molar-refractivity contribution is -0.137. The largest absolute Gasteiger partial charge is 0.495 e. The van der Waals surface area contributed by atoms with E-state index in [1.54, 1.807) is 32.4 Å². The fourth-order valence-electron chi connectivity index (χ4n) is 4.70. The molecule has 0 unspecified atom stereocenters. The van der Waals surface area contributed by atoms with Crippen LogP contribution in [0.5, 0.6) is 5.75 Å². The van der Waals surface area contributed by atoms with Crippen LogP contribution in [0.15, 0.2) is 66.7 Å². The van der Waals surface area contributed by atoms with E-state index < -0.39 is 17.8 Å². The first-order valence-corrected chi connectivity index (χ1v) is 13.5. The number of amides is 3. The van der Waals surface area contributed by atoms with E-state index in [0.717, 1.165) is 29.3 Å². The normalized spacial score (nSPS) is 13.5. The van der Waals surface area contributed by atoms with Crippen LogP contribution in [0.1, 0.15) is 22.3 Å². The van der Waals surface area contributed by atoms with E-state index in [4.69, 9.17) is 9.47 Å². The van der Waals surface area contributed by atoms with E-state index in [1.165, 1.54) is 12.1 Å². The highest BCUT2D eigenvalue weighted by Crippen LogP contribution is 2.32. The maximum Gasteiger partial charge on any atom is 0.416 e. The molecule has 0 spiro atoms. The van der Waals surface area contributed by atoms with Gasteiger partial charge in [-0.25, -0.2) is 4.79 Å². The van der Waals surface area contributed by atoms with Gasteiger partial charge in [0.25, 0.3) is 5.91 Å². The van der Waals surface area contributed by atoms with Gasteiger partial charge in [-0.2, -0.15) is 13.2 Å². The van der Waals surface area contributed by atoms with E-state index >= 15 is 0 Å². The number of hydrogen-bond donors (Lipinski definition) is 3. The van der Waals surface area contributed by atoms with E-state index in [-0.39, 0.29) is 11.6 Å². The van der Waals surface area contributed by atoms with Gasteiger partial charge >= 0.3 is 12.2 Å². The second-order valence-electron chi connectivity index (χ2n) is 9.63. The number of hydrogen-bond acceptors (Lipinski definition) is 6. The summed E-state index contributed by atoms with van der Waals surface area (Å²) >= 11 is 0. The molecule has 1 saturated heterocycles. The second-order valence-corrected chi connectivity index (χ2v) is 9.63. The highest BCUT2D eigenvalue weighted by Gasteiger charge is 2.30. The zero-order valence-electron chi connectivity index (χ0n) is 23.5. The lowest BCUT2D eigenvalue weighted by atomic mass is 10.1. The Bertz CT molecular complexity index is 1360. The lowest BCUT2D eigenvalue weighted by Gasteiger charge is -2.38. The highest BCUT2D eigenvalue weighted by atomic mass is 19.4. The molecule has 0 aromatic heterocycles. The number of anilines is 4. The zero-order valence-corrected chi connectivity index (χ0v) is 23.5. The van der Waals surface area contributed by atoms with Crippen LogP contribution < -0.4 is 30.5 Å². The van der Waals surface area contributed by atoms with Crippen LogP contribution in [-0.4, -0.2) is 65.5 Å². The molecule has 9 nitrogen and oxygen atoms in total. The van der Waals surface area contributed by atoms with Crippen LogP contribution in [0.3, 0.4) is 0 Å². The van der Waals surface area contributed by atoms with Gasteiger partial charge in [0.2, 0.25) is 0 Å². The molecule has 0 bridgehead atoms. The average Bonchev–Trinajstić information content (AvgIpc) is 2.99. The number of nitrogens with zero attached hydrogens (tertiary/aromatic N) is 2. The second kappa shape index (κ2) is 13.9. The maximum absolute atomic E-state index is 13.3. The van der Waals surface area contributed by atoms with Gasteiger partial charge in [0.05, 0.1) is 23.9 Å². The minimum atomic E-state index is -4.47. The van der Waals surface area contributed by atoms with Crippen molar-refractivity contribution in [3.8, 4) is 5.75 Å². The van der Waals surface area contributed by atoms with E-state index in [0.29, 0.717) is 57.0 Å². The first kappa shape index (κ1) is 30.5. The molecule has 224 valence electrons. The molecule has 3 N–H and O–H groups in total. The zero-order chi connectivity index (χ0) is 30.1. The lowest BCUT2D eigenvalue weighted by Crippen LogP contribution is -2.47. The van der Waals surface area contributed by atoms with Crippen molar-refractivity contribution in [1.29, 1.82) is 0 Å². The summed E-state index contributed by atoms with van der Waals surface area (Å²) in [5.41, 5.74) is 1.88. The number of halogens is 3. The molecular formula is C30H34F3N5O4. The van der Waals surface area contributed by atoms with Crippen LogP contribution in [0.25, 0.3) is 0 Å². The molecule has 0 atom stereocenters. The average molecular weight is 586 g/mol. The van der Waals surface area contributed by atoms with Gasteiger partial charge in [0.1, 0.15) is 5.75 Å². The number of urea groups is 1. The number of carbonyl (C=O) groups excluding carboxylic acids is 2. The Labute approximate surface area is 242 Å². The third-order valence-electron chi connectivity index (χ3n) is 6.83. The number of alkyl halides is 3. The quantitative estimate of drug-likeness (QED) is 0.274. The minimum absolute atomic E-state index is 0.196. The van der Waals surface area contributed by atoms with Gasteiger partial charge in [0, 0.05) is 63.5 Å². The van der Waals surface area contributed by atoms with Crippen molar-refractivity contribution in [3.63, 3.8) is 0 Å². The third-order valence-corrected chi connectivity index (χ3v) is 6.83. The predicted molar refractivity (Wildman–Crippen MR) is 157 cm³/mol. The first-order valence-electron chi connectivity index (χ1n) is 13.5. The summed E-state index contributed by atoms with van der Waals surface area (Å²) < 4.78 is 49.1. The van der Waals surface area contributed by atoms with Crippen molar-refractivity contribution >= 4 is 34.7 Å². The SMILES string of the molecule is COCCCNC(=O)c1cc(NC(=O)Nc2ccc(C(F)(F)F)cc2)ccc1N1CCN(c2ccccc2OC)CC1. The summed E-state index contributed by atoms with van der Waals surface area (Å²) in [5.74, 6) is 0.507. The summed E-state index contributed by atoms with van der Waals surface area (Å²) in [5, 5.41) is 8.09. The Morgan fingerprint density at radius 3 is 2.10 bits per heavy atom. The van der Waals surface area contributed by atoms with Gasteiger partial charge in [-0.15, -0.1) is 0 Å². The number of nitrogens with one attached hydrogen (secondary N) is 3. The molecule has 3 aromatic rings. The monoisotopic (exact) mass is 585 g/mol. The Morgan fingerprint density at radius 1 is 0.833 bits per heavy atom. The van der Waals surface area contributed by atoms with Crippen molar-refractivity contribution in [2.45, 2.75) is 12.6 Å². The summed E-state index contributed by atoms with van der Waals surface area (Å²) in [4.78, 5) is 30.2. The topological polar surface area (TPSA) is 95.2 Å². The number of benzene rings is 3. The molecule has 4 rings (SSSR count). The van der Waals surface area contributed by atoms with Crippen molar-refractivity contribution < 1.29 is 32.2 Å². The van der Waals surface area contributed by atoms with E-state index in [2.05, 4.69) is 25.8 Å². The number of carbonyl (C=O) groups is 2. The molecule has 12 heteroatoms. The standard InChI is InChI=1S/C30H34F3N5O4/c1-41-19-5-14-34-28(39)24-20-23(36-29(40)35-22-10-8-21(9-11-22)30(31,32)33)12-13-25(24)37-15-17-38(18-16-37)26-6-3-4-7-27(26)42-2/h3-4,6-13,20H,5,14-19H2,1-2H3,(H,34,39)(H2,35,36,40). The Balaban J connectivity index is 1.48. The third kappa shape index (κ3) is 7.84. The number of ether oxygens (including phenoxy) is 2. The molecule has 42 heavy (non-hydrogen) atoms. The molecule has 1 heterocycles. The van der Waals surface area contributed by atoms with Gasteiger partial charge in [0.15, 0.2) is 0 Å². The summed E-state index contributed by atoms with van der Waals surface area (Å²) in [6.07, 6.45) is -3.83. The van der Waals surface area contributed by atoms with Crippen molar-refractivity contribution in [1.82, 2.24) is 5.32 Å². The fourth-order valence-corrected chi connectivity index (χ4v) is 4.70. The van der Waals surface area contributed by atoms with Crippen LogP contribution in [0.4, 0.5) is 40.7 Å². The minimum Gasteiger partial charge on any atom is -0.495 e. The van der Waals surface area contributed by atoms with Crippen LogP contribution in [0.2, 0.25) is 0 Å². The van der Waals surface area contributed by atoms with Gasteiger partial charge < -0.3 is 35.2 Å². The summed E-state index contributed by atoms with van der Waals surface area (Å²) in [6.45, 7) is 3.66. The first-order chi connectivity index (χ1) is 20.2. The van der Waals surface area contributed by atoms with Crippen LogP contribution in [0, 0.1) is 0 Å². The molecule has 0 radical (unpaired) electrons. The molecular weight excluding hydrogens is 551 g/mol. The summed E-state index contributed by atoms with van der Waals surface area (Å²) in [7, 11) is 3.24. The van der Waals surface area contributed by atoms with E-state index in [9.17, 15) is 22.8 Å². The van der Waals surface area contributed by atoms with Crippen molar-refractivity contribution in [2.24, 2.45) is 0 Å². The van der Waals surface area contributed by atoms with Gasteiger partial charge in [-0.05, 0) is 61.0 Å². The molecule has 1 aliphatic rings. The number of piperazine rings is 1. The smallest absolute Gasteiger partial charge is 0.416 e. The van der Waals surface area contributed by atoms with Crippen molar-refractivity contribution in [3.05, 3.63) is 77.9 Å². The molecule has 1 fully saturated rings. The number of para-hydroxylation sites is 2. The molecule has 0 aliphatic carbocycles. The Morgan fingerprint density at radius 2 is 1.45 bits per heavy atom. The van der Waals surface area contributed by atoms with E-state index in [1.807, 2.05) is 24.3 Å². The predicted octanol–water partition coefficient (Wildman–Crippen LogP) is 5.45. The Hall–Kier alpha value is -4.45. The van der Waals surface area contributed by atoms with Gasteiger partial charge in [-0.3, -0.25) is 4.79 Å². The summed E-state index contributed by atoms with van der Waals surface area (Å²) in [6, 6.07) is 16.4. The van der Waals surface area contributed by atoms with Gasteiger partial charge in [-0.1, -0.05) is 12.1 Å². The van der Waals surface area contributed by atoms with Crippen molar-refractivity contribution in [2.75, 3.05) is 74.0 Å². The van der Waals surface area contributed by atoms with Crippen LogP contribution >= 0.6 is 0 Å². The van der Waals surface area contributed by atoms with Crippen LogP contribution in [-0.2, 0) is 10.9 Å². The number of methoxy groups -OCH3 is 2. The maximum atomic E-state index is 13.3. The molecule has 3 aromatic carbocycles. The molecule has 3 amide bonds. The fraction of sp³-hybridized carbons (Fsp3) is 0.333. The molecule has 0 saturated carbocycles.